The van der Waals surface area contributed by atoms with E-state index in [2.05, 4.69) is 15.6 Å². The summed E-state index contributed by atoms with van der Waals surface area (Å²) in [6.07, 6.45) is 1.94. The molecule has 0 aliphatic heterocycles. The zero-order valence-electron chi connectivity index (χ0n) is 12.2. The van der Waals surface area contributed by atoms with Crippen LogP contribution in [-0.4, -0.2) is 16.8 Å². The minimum atomic E-state index is -0.272. The Morgan fingerprint density at radius 3 is 2.30 bits per heavy atom. The lowest BCUT2D eigenvalue weighted by molar-refractivity contribution is -0.117. The fourth-order valence-electron chi connectivity index (χ4n) is 1.93. The van der Waals surface area contributed by atoms with Crippen LogP contribution in [0.5, 0.6) is 0 Å². The summed E-state index contributed by atoms with van der Waals surface area (Å²) in [5, 5.41) is 8.02. The van der Waals surface area contributed by atoms with Crippen molar-refractivity contribution >= 4 is 46.9 Å². The highest BCUT2D eigenvalue weighted by molar-refractivity contribution is 7.09. The quantitative estimate of drug-likeness (QED) is 0.770. The lowest BCUT2D eigenvalue weighted by atomic mass is 10.2. The van der Waals surface area contributed by atoms with Crippen LogP contribution in [0.2, 0.25) is 0 Å². The van der Waals surface area contributed by atoms with E-state index < -0.39 is 0 Å². The molecule has 0 radical (unpaired) electrons. The zero-order chi connectivity index (χ0) is 15.5. The van der Waals surface area contributed by atoms with Crippen LogP contribution >= 0.6 is 23.7 Å². The fraction of sp³-hybridized carbons (Fsp3) is 0.267. The van der Waals surface area contributed by atoms with E-state index in [-0.39, 0.29) is 30.1 Å². The number of amides is 2. The molecule has 122 valence electrons. The van der Waals surface area contributed by atoms with Gasteiger partial charge >= 0.3 is 0 Å². The maximum Gasteiger partial charge on any atom is 0.275 e. The SMILES string of the molecule is Cl.NCc1nc(C(=O)Nc2ccc(NC(=O)C3CC3)cc2)cs1. The second kappa shape index (κ2) is 7.54. The summed E-state index contributed by atoms with van der Waals surface area (Å²) in [7, 11) is 0. The van der Waals surface area contributed by atoms with Gasteiger partial charge in [-0.25, -0.2) is 4.98 Å². The Balaban J connectivity index is 0.00000192. The number of carbonyl (C=O) groups is 2. The molecule has 1 aliphatic rings. The lowest BCUT2D eigenvalue weighted by Crippen LogP contribution is -2.14. The maximum atomic E-state index is 12.0. The van der Waals surface area contributed by atoms with Crippen LogP contribution < -0.4 is 16.4 Å². The molecule has 1 aromatic carbocycles. The number of benzene rings is 1. The number of nitrogens with two attached hydrogens (primary N) is 1. The van der Waals surface area contributed by atoms with Crippen molar-refractivity contribution in [1.82, 2.24) is 4.98 Å². The molecular formula is C15H17ClN4O2S. The van der Waals surface area contributed by atoms with Gasteiger partial charge < -0.3 is 16.4 Å². The molecule has 0 spiro atoms. The molecule has 1 saturated carbocycles. The van der Waals surface area contributed by atoms with Gasteiger partial charge in [0.25, 0.3) is 5.91 Å². The van der Waals surface area contributed by atoms with Gasteiger partial charge in [-0.1, -0.05) is 0 Å². The summed E-state index contributed by atoms with van der Waals surface area (Å²) < 4.78 is 0. The number of thiazole rings is 1. The van der Waals surface area contributed by atoms with Gasteiger partial charge in [-0.15, -0.1) is 23.7 Å². The Bertz CT molecular complexity index is 698. The summed E-state index contributed by atoms with van der Waals surface area (Å²) in [6, 6.07) is 7.03. The van der Waals surface area contributed by atoms with Crippen LogP contribution in [0, 0.1) is 5.92 Å². The molecule has 1 heterocycles. The third-order valence-electron chi connectivity index (χ3n) is 3.32. The van der Waals surface area contributed by atoms with Gasteiger partial charge in [0, 0.05) is 29.2 Å². The van der Waals surface area contributed by atoms with E-state index in [4.69, 9.17) is 5.73 Å². The van der Waals surface area contributed by atoms with Crippen molar-refractivity contribution in [3.63, 3.8) is 0 Å². The van der Waals surface area contributed by atoms with Crippen LogP contribution in [0.15, 0.2) is 29.6 Å². The molecule has 1 aliphatic carbocycles. The third kappa shape index (κ3) is 4.51. The first-order chi connectivity index (χ1) is 10.7. The summed E-state index contributed by atoms with van der Waals surface area (Å²) in [4.78, 5) is 27.8. The van der Waals surface area contributed by atoms with E-state index in [1.54, 1.807) is 29.6 Å². The largest absolute Gasteiger partial charge is 0.326 e. The predicted molar refractivity (Wildman–Crippen MR) is 93.0 cm³/mol. The van der Waals surface area contributed by atoms with Gasteiger partial charge in [-0.3, -0.25) is 9.59 Å². The summed E-state index contributed by atoms with van der Waals surface area (Å²) in [6.45, 7) is 0.327. The number of aromatic nitrogens is 1. The summed E-state index contributed by atoms with van der Waals surface area (Å²) in [5.41, 5.74) is 7.22. The van der Waals surface area contributed by atoms with Crippen LogP contribution in [0.3, 0.4) is 0 Å². The molecule has 0 atom stereocenters. The normalized spacial score (nSPS) is 13.1. The van der Waals surface area contributed by atoms with Gasteiger partial charge in [-0.2, -0.15) is 0 Å². The van der Waals surface area contributed by atoms with Crippen LogP contribution in [0.25, 0.3) is 0 Å². The Hall–Kier alpha value is -1.96. The Labute approximate surface area is 143 Å². The molecular weight excluding hydrogens is 336 g/mol. The number of nitrogens with one attached hydrogen (secondary N) is 2. The summed E-state index contributed by atoms with van der Waals surface area (Å²) >= 11 is 1.36. The average molecular weight is 353 g/mol. The average Bonchev–Trinajstić information content (AvgIpc) is 3.26. The molecule has 6 nitrogen and oxygen atoms in total. The number of nitrogens with zero attached hydrogens (tertiary/aromatic N) is 1. The number of hydrogen-bond acceptors (Lipinski definition) is 5. The second-order valence-corrected chi connectivity index (χ2v) is 6.07. The monoisotopic (exact) mass is 352 g/mol. The number of halogens is 1. The maximum absolute atomic E-state index is 12.0. The van der Waals surface area contributed by atoms with Crippen molar-refractivity contribution in [3.8, 4) is 0 Å². The zero-order valence-corrected chi connectivity index (χ0v) is 13.9. The Morgan fingerprint density at radius 2 is 1.78 bits per heavy atom. The van der Waals surface area contributed by atoms with E-state index >= 15 is 0 Å². The van der Waals surface area contributed by atoms with Crippen molar-refractivity contribution in [2.75, 3.05) is 10.6 Å². The van der Waals surface area contributed by atoms with Crippen LogP contribution in [-0.2, 0) is 11.3 Å². The number of hydrogen-bond donors (Lipinski definition) is 3. The molecule has 0 bridgehead atoms. The lowest BCUT2D eigenvalue weighted by Gasteiger charge is -2.06. The molecule has 1 aromatic heterocycles. The van der Waals surface area contributed by atoms with E-state index in [9.17, 15) is 9.59 Å². The van der Waals surface area contributed by atoms with Crippen molar-refractivity contribution in [1.29, 1.82) is 0 Å². The van der Waals surface area contributed by atoms with Crippen molar-refractivity contribution in [2.45, 2.75) is 19.4 Å². The molecule has 0 unspecified atom stereocenters. The van der Waals surface area contributed by atoms with Crippen molar-refractivity contribution in [2.24, 2.45) is 11.7 Å². The molecule has 0 saturated heterocycles. The first kappa shape index (κ1) is 17.4. The van der Waals surface area contributed by atoms with Gasteiger partial charge in [0.1, 0.15) is 10.7 Å². The smallest absolute Gasteiger partial charge is 0.275 e. The van der Waals surface area contributed by atoms with Gasteiger partial charge in [-0.05, 0) is 37.1 Å². The topological polar surface area (TPSA) is 97.1 Å². The van der Waals surface area contributed by atoms with Crippen molar-refractivity contribution < 1.29 is 9.59 Å². The highest BCUT2D eigenvalue weighted by atomic mass is 35.5. The van der Waals surface area contributed by atoms with Crippen LogP contribution in [0.1, 0.15) is 28.3 Å². The van der Waals surface area contributed by atoms with E-state index in [0.717, 1.165) is 23.5 Å². The summed E-state index contributed by atoms with van der Waals surface area (Å²) in [5.74, 6) is -0.0416. The Kier molecular flexibility index (Phi) is 5.70. The number of anilines is 2. The first-order valence-corrected chi connectivity index (χ1v) is 7.90. The van der Waals surface area contributed by atoms with E-state index in [1.165, 1.54) is 11.3 Å². The third-order valence-corrected chi connectivity index (χ3v) is 4.19. The van der Waals surface area contributed by atoms with Gasteiger partial charge in [0.05, 0.1) is 0 Å². The van der Waals surface area contributed by atoms with Gasteiger partial charge in [0.15, 0.2) is 0 Å². The molecule has 2 aromatic rings. The predicted octanol–water partition coefficient (Wildman–Crippen LogP) is 2.62. The molecule has 1 fully saturated rings. The molecule has 8 heteroatoms. The van der Waals surface area contributed by atoms with E-state index in [0.29, 0.717) is 17.9 Å². The van der Waals surface area contributed by atoms with Crippen molar-refractivity contribution in [3.05, 3.63) is 40.3 Å². The molecule has 4 N–H and O–H groups in total. The molecule has 2 amide bonds. The standard InChI is InChI=1S/C15H16N4O2S.ClH/c16-7-13-19-12(8-22-13)15(21)18-11-5-3-10(4-6-11)17-14(20)9-1-2-9;/h3-6,8-9H,1-2,7,16H2,(H,17,20)(H,18,21);1H. The van der Waals surface area contributed by atoms with E-state index in [1.807, 2.05) is 0 Å². The number of carbonyl (C=O) groups excluding carboxylic acids is 2. The minimum absolute atomic E-state index is 0. The minimum Gasteiger partial charge on any atom is -0.326 e. The second-order valence-electron chi connectivity index (χ2n) is 5.13. The number of rotatable bonds is 5. The van der Waals surface area contributed by atoms with Crippen LogP contribution in [0.4, 0.5) is 11.4 Å². The highest BCUT2D eigenvalue weighted by Gasteiger charge is 2.29. The fourth-order valence-corrected chi connectivity index (χ4v) is 2.59. The Morgan fingerprint density at radius 1 is 1.17 bits per heavy atom. The molecule has 3 rings (SSSR count). The first-order valence-electron chi connectivity index (χ1n) is 7.02. The molecule has 23 heavy (non-hydrogen) atoms. The van der Waals surface area contributed by atoms with Gasteiger partial charge in [0.2, 0.25) is 5.91 Å². The highest BCUT2D eigenvalue weighted by Crippen LogP contribution is 2.30.